The molecule has 2 aromatic heterocycles. The minimum absolute atomic E-state index is 0.395. The summed E-state index contributed by atoms with van der Waals surface area (Å²) in [6, 6.07) is 0. The van der Waals surface area contributed by atoms with Crippen LogP contribution in [0, 0.1) is 13.8 Å². The average molecular weight is 259 g/mol. The summed E-state index contributed by atoms with van der Waals surface area (Å²) in [5, 5.41) is 7.52. The van der Waals surface area contributed by atoms with Gasteiger partial charge in [-0.3, -0.25) is 4.68 Å². The van der Waals surface area contributed by atoms with Crippen molar-refractivity contribution in [3.63, 3.8) is 0 Å². The molecule has 0 atom stereocenters. The van der Waals surface area contributed by atoms with Gasteiger partial charge >= 0.3 is 0 Å². The van der Waals surface area contributed by atoms with Crippen LogP contribution in [0.25, 0.3) is 11.4 Å². The first-order chi connectivity index (χ1) is 8.93. The zero-order chi connectivity index (χ0) is 14.2. The third-order valence-corrected chi connectivity index (χ3v) is 3.20. The summed E-state index contributed by atoms with van der Waals surface area (Å²) in [7, 11) is 3.80. The molecule has 0 spiro atoms. The number of nitrogens with one attached hydrogen (secondary N) is 1. The SMILES string of the molecule is CNc1nc(-c2cn(C)nc2C)nc(C)c1C(C)C. The fourth-order valence-electron chi connectivity index (χ4n) is 2.40. The molecule has 5 heteroatoms. The second-order valence-corrected chi connectivity index (χ2v) is 5.10. The lowest BCUT2D eigenvalue weighted by Gasteiger charge is -2.15. The van der Waals surface area contributed by atoms with Gasteiger partial charge in [-0.25, -0.2) is 9.97 Å². The Labute approximate surface area is 114 Å². The number of anilines is 1. The van der Waals surface area contributed by atoms with E-state index in [0.29, 0.717) is 5.92 Å². The molecule has 1 N–H and O–H groups in total. The third kappa shape index (κ3) is 2.45. The summed E-state index contributed by atoms with van der Waals surface area (Å²) in [5.41, 5.74) is 4.12. The molecule has 2 heterocycles. The lowest BCUT2D eigenvalue weighted by molar-refractivity contribution is 0.756. The Bertz CT molecular complexity index is 598. The van der Waals surface area contributed by atoms with Gasteiger partial charge in [-0.1, -0.05) is 13.8 Å². The Morgan fingerprint density at radius 1 is 1.16 bits per heavy atom. The van der Waals surface area contributed by atoms with Gasteiger partial charge < -0.3 is 5.32 Å². The number of rotatable bonds is 3. The van der Waals surface area contributed by atoms with Gasteiger partial charge in [-0.15, -0.1) is 0 Å². The molecule has 0 saturated heterocycles. The van der Waals surface area contributed by atoms with E-state index in [0.717, 1.165) is 28.6 Å². The van der Waals surface area contributed by atoms with Gasteiger partial charge in [0.2, 0.25) is 0 Å². The monoisotopic (exact) mass is 259 g/mol. The number of nitrogens with zero attached hydrogens (tertiary/aromatic N) is 4. The molecule has 0 aliphatic rings. The largest absolute Gasteiger partial charge is 0.373 e. The van der Waals surface area contributed by atoms with E-state index in [1.165, 1.54) is 5.56 Å². The molecule has 102 valence electrons. The van der Waals surface area contributed by atoms with Crippen molar-refractivity contribution in [2.75, 3.05) is 12.4 Å². The molecule has 2 aromatic rings. The first kappa shape index (κ1) is 13.5. The van der Waals surface area contributed by atoms with Crippen molar-refractivity contribution in [2.45, 2.75) is 33.6 Å². The Balaban J connectivity index is 2.61. The van der Waals surface area contributed by atoms with Crippen LogP contribution in [0.1, 0.15) is 36.7 Å². The van der Waals surface area contributed by atoms with Crippen LogP contribution < -0.4 is 5.32 Å². The smallest absolute Gasteiger partial charge is 0.165 e. The van der Waals surface area contributed by atoms with Crippen molar-refractivity contribution in [3.05, 3.63) is 23.1 Å². The zero-order valence-corrected chi connectivity index (χ0v) is 12.4. The normalized spacial score (nSPS) is 11.1. The molecule has 0 unspecified atom stereocenters. The Morgan fingerprint density at radius 2 is 1.84 bits per heavy atom. The fourth-order valence-corrected chi connectivity index (χ4v) is 2.40. The second kappa shape index (κ2) is 4.99. The van der Waals surface area contributed by atoms with Crippen molar-refractivity contribution < 1.29 is 0 Å². The second-order valence-electron chi connectivity index (χ2n) is 5.10. The van der Waals surface area contributed by atoms with Crippen molar-refractivity contribution in [1.82, 2.24) is 19.7 Å². The van der Waals surface area contributed by atoms with Crippen molar-refractivity contribution in [1.29, 1.82) is 0 Å². The Morgan fingerprint density at radius 3 is 2.32 bits per heavy atom. The predicted molar refractivity (Wildman–Crippen MR) is 77.3 cm³/mol. The van der Waals surface area contributed by atoms with E-state index in [1.807, 2.05) is 34.1 Å². The van der Waals surface area contributed by atoms with Crippen LogP contribution in [0.4, 0.5) is 5.82 Å². The maximum absolute atomic E-state index is 4.64. The van der Waals surface area contributed by atoms with Crippen LogP contribution in [0.2, 0.25) is 0 Å². The van der Waals surface area contributed by atoms with Gasteiger partial charge in [0.05, 0.1) is 11.3 Å². The van der Waals surface area contributed by atoms with E-state index in [1.54, 1.807) is 4.68 Å². The van der Waals surface area contributed by atoms with Crippen molar-refractivity contribution in [2.24, 2.45) is 7.05 Å². The predicted octanol–water partition coefficient (Wildman–Crippen LogP) is 2.66. The molecular formula is C14H21N5. The molecule has 19 heavy (non-hydrogen) atoms. The molecule has 0 radical (unpaired) electrons. The van der Waals surface area contributed by atoms with Crippen molar-refractivity contribution >= 4 is 5.82 Å². The molecule has 0 saturated carbocycles. The van der Waals surface area contributed by atoms with Crippen molar-refractivity contribution in [3.8, 4) is 11.4 Å². The molecule has 0 bridgehead atoms. The van der Waals surface area contributed by atoms with Crippen LogP contribution in [-0.4, -0.2) is 26.8 Å². The molecule has 0 aliphatic carbocycles. The third-order valence-electron chi connectivity index (χ3n) is 3.20. The van der Waals surface area contributed by atoms with E-state index in [9.17, 15) is 0 Å². The summed E-state index contributed by atoms with van der Waals surface area (Å²) < 4.78 is 1.79. The molecule has 2 rings (SSSR count). The summed E-state index contributed by atoms with van der Waals surface area (Å²) in [5.74, 6) is 2.03. The topological polar surface area (TPSA) is 55.6 Å². The molecule has 0 fully saturated rings. The molecule has 0 aromatic carbocycles. The average Bonchev–Trinajstić information content (AvgIpc) is 2.66. The van der Waals surface area contributed by atoms with E-state index in [2.05, 4.69) is 34.2 Å². The van der Waals surface area contributed by atoms with Gasteiger partial charge in [0.25, 0.3) is 0 Å². The molecule has 0 aliphatic heterocycles. The van der Waals surface area contributed by atoms with Crippen LogP contribution >= 0.6 is 0 Å². The maximum Gasteiger partial charge on any atom is 0.165 e. The van der Waals surface area contributed by atoms with Gasteiger partial charge in [-0.2, -0.15) is 5.10 Å². The summed E-state index contributed by atoms with van der Waals surface area (Å²) in [6.45, 7) is 8.32. The first-order valence-electron chi connectivity index (χ1n) is 6.51. The molecule has 5 nitrogen and oxygen atoms in total. The lowest BCUT2D eigenvalue weighted by Crippen LogP contribution is -2.07. The minimum atomic E-state index is 0.395. The number of hydrogen-bond donors (Lipinski definition) is 1. The van der Waals surface area contributed by atoms with E-state index in [4.69, 9.17) is 0 Å². The number of hydrogen-bond acceptors (Lipinski definition) is 4. The zero-order valence-electron chi connectivity index (χ0n) is 12.4. The number of aromatic nitrogens is 4. The van der Waals surface area contributed by atoms with E-state index in [-0.39, 0.29) is 0 Å². The summed E-state index contributed by atoms with van der Waals surface area (Å²) >= 11 is 0. The van der Waals surface area contributed by atoms with Gasteiger partial charge in [-0.05, 0) is 19.8 Å². The fraction of sp³-hybridized carbons (Fsp3) is 0.500. The van der Waals surface area contributed by atoms with Crippen LogP contribution in [0.5, 0.6) is 0 Å². The summed E-state index contributed by atoms with van der Waals surface area (Å²) in [6.07, 6.45) is 1.96. The summed E-state index contributed by atoms with van der Waals surface area (Å²) in [4.78, 5) is 9.29. The highest BCUT2D eigenvalue weighted by Crippen LogP contribution is 2.28. The van der Waals surface area contributed by atoms with Crippen LogP contribution in [0.3, 0.4) is 0 Å². The van der Waals surface area contributed by atoms with Gasteiger partial charge in [0, 0.05) is 31.5 Å². The lowest BCUT2D eigenvalue weighted by atomic mass is 10.0. The molecular weight excluding hydrogens is 238 g/mol. The molecule has 0 amide bonds. The highest BCUT2D eigenvalue weighted by atomic mass is 15.3. The first-order valence-corrected chi connectivity index (χ1v) is 6.51. The van der Waals surface area contributed by atoms with Gasteiger partial charge in [0.1, 0.15) is 5.82 Å². The standard InChI is InChI=1S/C14H21N5/c1-8(2)12-10(4)16-13(17-14(12)15-5)11-7-19(6)18-9(11)3/h7-8H,1-6H3,(H,15,16,17). The highest BCUT2D eigenvalue weighted by Gasteiger charge is 2.16. The van der Waals surface area contributed by atoms with Crippen LogP contribution in [0.15, 0.2) is 6.20 Å². The van der Waals surface area contributed by atoms with Gasteiger partial charge in [0.15, 0.2) is 5.82 Å². The van der Waals surface area contributed by atoms with E-state index >= 15 is 0 Å². The number of aryl methyl sites for hydroxylation is 3. The quantitative estimate of drug-likeness (QED) is 0.920. The minimum Gasteiger partial charge on any atom is -0.373 e. The highest BCUT2D eigenvalue weighted by molar-refractivity contribution is 5.61. The van der Waals surface area contributed by atoms with Crippen LogP contribution in [-0.2, 0) is 7.05 Å². The van der Waals surface area contributed by atoms with E-state index < -0.39 is 0 Å². The Hall–Kier alpha value is -1.91. The maximum atomic E-state index is 4.64. The Kier molecular flexibility index (Phi) is 3.55.